The second kappa shape index (κ2) is 7.98. The lowest BCUT2D eigenvalue weighted by molar-refractivity contribution is -0.134. The number of allylic oxidation sites excluding steroid dienone is 1. The molecule has 1 saturated heterocycles. The van der Waals surface area contributed by atoms with Crippen LogP contribution in [0.4, 0.5) is 0 Å². The van der Waals surface area contributed by atoms with Crippen LogP contribution in [-0.4, -0.2) is 38.9 Å². The molecular weight excluding hydrogens is 362 g/mol. The van der Waals surface area contributed by atoms with Gasteiger partial charge in [0.15, 0.2) is 0 Å². The summed E-state index contributed by atoms with van der Waals surface area (Å²) in [5.41, 5.74) is 1.41. The molecule has 1 fully saturated rings. The lowest BCUT2D eigenvalue weighted by Crippen LogP contribution is -2.31. The number of rotatable bonds is 3. The zero-order valence-electron chi connectivity index (χ0n) is 16.0. The van der Waals surface area contributed by atoms with Crippen molar-refractivity contribution >= 4 is 16.0 Å². The molecule has 1 heterocycles. The maximum Gasteiger partial charge on any atom is 0.330 e. The summed E-state index contributed by atoms with van der Waals surface area (Å²) in [5, 5.41) is 0. The summed E-state index contributed by atoms with van der Waals surface area (Å²) in [6.07, 6.45) is 10.8. The van der Waals surface area contributed by atoms with Gasteiger partial charge in [0.05, 0.1) is 12.0 Å². The van der Waals surface area contributed by atoms with Crippen LogP contribution in [0, 0.1) is 12.3 Å². The molecule has 1 aliphatic carbocycles. The molecule has 0 amide bonds. The van der Waals surface area contributed by atoms with Gasteiger partial charge in [-0.05, 0) is 43.9 Å². The molecule has 1 atom stereocenters. The Morgan fingerprint density at radius 2 is 1.93 bits per heavy atom. The van der Waals surface area contributed by atoms with E-state index < -0.39 is 21.4 Å². The van der Waals surface area contributed by atoms with Crippen molar-refractivity contribution in [2.24, 2.45) is 5.41 Å². The monoisotopic (exact) mass is 389 g/mol. The minimum Gasteiger partial charge on any atom is -0.466 e. The third kappa shape index (κ3) is 4.17. The molecule has 2 aliphatic rings. The van der Waals surface area contributed by atoms with Crippen molar-refractivity contribution in [3.8, 4) is 0 Å². The van der Waals surface area contributed by atoms with Crippen molar-refractivity contribution < 1.29 is 17.9 Å². The number of ether oxygens (including phenoxy) is 1. The van der Waals surface area contributed by atoms with Crippen molar-refractivity contribution in [3.05, 3.63) is 53.6 Å². The molecule has 146 valence electrons. The number of carbonyl (C=O) groups is 1. The Balaban J connectivity index is 1.99. The van der Waals surface area contributed by atoms with Gasteiger partial charge < -0.3 is 4.74 Å². The second-order valence-corrected chi connectivity index (χ2v) is 9.37. The molecular formula is C21H27NO4S. The van der Waals surface area contributed by atoms with Crippen LogP contribution in [0.2, 0.25) is 0 Å². The Labute approximate surface area is 161 Å². The Kier molecular flexibility index (Phi) is 5.86. The Morgan fingerprint density at radius 1 is 1.19 bits per heavy atom. The average molecular weight is 390 g/mol. The second-order valence-electron chi connectivity index (χ2n) is 7.44. The van der Waals surface area contributed by atoms with Crippen molar-refractivity contribution in [1.29, 1.82) is 0 Å². The van der Waals surface area contributed by atoms with Gasteiger partial charge in [0, 0.05) is 24.6 Å². The van der Waals surface area contributed by atoms with Crippen LogP contribution in [0.5, 0.6) is 0 Å². The molecule has 0 unspecified atom stereocenters. The highest BCUT2D eigenvalue weighted by molar-refractivity contribution is 7.89. The van der Waals surface area contributed by atoms with Gasteiger partial charge in [-0.3, -0.25) is 0 Å². The highest BCUT2D eigenvalue weighted by Crippen LogP contribution is 2.44. The molecule has 3 rings (SSSR count). The first-order valence-electron chi connectivity index (χ1n) is 9.41. The Morgan fingerprint density at radius 3 is 2.63 bits per heavy atom. The molecule has 0 saturated carbocycles. The highest BCUT2D eigenvalue weighted by atomic mass is 32.2. The minimum atomic E-state index is -3.62. The molecule has 1 aromatic carbocycles. The Hall–Kier alpha value is -1.92. The first kappa shape index (κ1) is 19.8. The summed E-state index contributed by atoms with van der Waals surface area (Å²) in [7, 11) is -2.28. The van der Waals surface area contributed by atoms with Gasteiger partial charge in [0.2, 0.25) is 10.0 Å². The minimum absolute atomic E-state index is 0.218. The van der Waals surface area contributed by atoms with Crippen molar-refractivity contribution in [3.63, 3.8) is 0 Å². The van der Waals surface area contributed by atoms with E-state index in [1.807, 2.05) is 6.92 Å². The van der Waals surface area contributed by atoms with Crippen molar-refractivity contribution in [2.75, 3.05) is 20.2 Å². The van der Waals surface area contributed by atoms with Crippen LogP contribution in [0.3, 0.4) is 0 Å². The number of aryl methyl sites for hydroxylation is 1. The molecule has 0 aromatic heterocycles. The summed E-state index contributed by atoms with van der Waals surface area (Å²) < 4.78 is 32.7. The molecule has 1 spiro atoms. The zero-order chi connectivity index (χ0) is 19.5. The molecule has 27 heavy (non-hydrogen) atoms. The van der Waals surface area contributed by atoms with E-state index in [1.165, 1.54) is 17.5 Å². The normalized spacial score (nSPS) is 26.7. The van der Waals surface area contributed by atoms with E-state index in [-0.39, 0.29) is 11.4 Å². The number of carbonyl (C=O) groups excluding carboxylic acids is 1. The highest BCUT2D eigenvalue weighted by Gasteiger charge is 2.45. The first-order chi connectivity index (χ1) is 12.9. The first-order valence-corrected chi connectivity index (χ1v) is 10.8. The van der Waals surface area contributed by atoms with Crippen LogP contribution < -0.4 is 0 Å². The molecule has 1 aliphatic heterocycles. The van der Waals surface area contributed by atoms with E-state index in [0.717, 1.165) is 43.2 Å². The number of hydrogen-bond acceptors (Lipinski definition) is 4. The van der Waals surface area contributed by atoms with Crippen molar-refractivity contribution in [1.82, 2.24) is 4.31 Å². The fraction of sp³-hybridized carbons (Fsp3) is 0.476. The van der Waals surface area contributed by atoms with E-state index in [0.29, 0.717) is 6.54 Å². The van der Waals surface area contributed by atoms with Gasteiger partial charge in [0.25, 0.3) is 0 Å². The van der Waals surface area contributed by atoms with E-state index in [2.05, 4.69) is 12.2 Å². The predicted molar refractivity (Wildman–Crippen MR) is 105 cm³/mol. The molecule has 0 radical (unpaired) electrons. The zero-order valence-corrected chi connectivity index (χ0v) is 16.8. The van der Waals surface area contributed by atoms with Crippen LogP contribution >= 0.6 is 0 Å². The average Bonchev–Trinajstić information content (AvgIpc) is 2.98. The van der Waals surface area contributed by atoms with E-state index in [9.17, 15) is 13.2 Å². The topological polar surface area (TPSA) is 63.7 Å². The SMILES string of the molecule is COC(=O)/C=C1\CN(S(=O)(=O)c2ccc(C)cc2)C[C@@]12/C=C\CCCCC2. The van der Waals surface area contributed by atoms with E-state index >= 15 is 0 Å². The fourth-order valence-electron chi connectivity index (χ4n) is 3.91. The third-order valence-corrected chi connectivity index (χ3v) is 7.33. The van der Waals surface area contributed by atoms with Crippen molar-refractivity contribution in [2.45, 2.75) is 43.9 Å². The van der Waals surface area contributed by atoms with E-state index in [4.69, 9.17) is 4.74 Å². The standard InChI is InChI=1S/C21H27NO4S/c1-17-8-10-19(11-9-17)27(24,25)22-15-18(14-20(23)26-2)21(16-22)12-6-4-3-5-7-13-21/h6,8-12,14H,3-5,7,13,15-16H2,1-2H3/b12-6-,18-14+/t21-/m0/s1. The van der Waals surface area contributed by atoms with Gasteiger partial charge in [-0.2, -0.15) is 4.31 Å². The molecule has 0 bridgehead atoms. The number of methoxy groups -OCH3 is 1. The third-order valence-electron chi connectivity index (χ3n) is 5.53. The van der Waals surface area contributed by atoms with Crippen LogP contribution in [-0.2, 0) is 19.6 Å². The lowest BCUT2D eigenvalue weighted by Gasteiger charge is -2.28. The van der Waals surface area contributed by atoms with Gasteiger partial charge in [0.1, 0.15) is 0 Å². The number of esters is 1. The molecule has 0 N–H and O–H groups in total. The number of sulfonamides is 1. The van der Waals surface area contributed by atoms with Gasteiger partial charge in [-0.1, -0.05) is 42.7 Å². The largest absolute Gasteiger partial charge is 0.466 e. The number of hydrogen-bond donors (Lipinski definition) is 0. The van der Waals surface area contributed by atoms with E-state index in [1.54, 1.807) is 24.3 Å². The summed E-state index contributed by atoms with van der Waals surface area (Å²) >= 11 is 0. The smallest absolute Gasteiger partial charge is 0.330 e. The summed E-state index contributed by atoms with van der Waals surface area (Å²) in [6.45, 7) is 2.51. The van der Waals surface area contributed by atoms with Crippen LogP contribution in [0.1, 0.15) is 37.7 Å². The van der Waals surface area contributed by atoms with Gasteiger partial charge >= 0.3 is 5.97 Å². The quantitative estimate of drug-likeness (QED) is 0.450. The summed E-state index contributed by atoms with van der Waals surface area (Å²) in [4.78, 5) is 12.2. The van der Waals surface area contributed by atoms with Gasteiger partial charge in [-0.15, -0.1) is 0 Å². The maximum atomic E-state index is 13.2. The number of benzene rings is 1. The van der Waals surface area contributed by atoms with Crippen LogP contribution in [0.15, 0.2) is 53.0 Å². The summed E-state index contributed by atoms with van der Waals surface area (Å²) in [5.74, 6) is -0.436. The Bertz CT molecular complexity index is 855. The summed E-state index contributed by atoms with van der Waals surface area (Å²) in [6, 6.07) is 6.90. The molecule has 1 aromatic rings. The molecule has 5 nitrogen and oxygen atoms in total. The van der Waals surface area contributed by atoms with Crippen LogP contribution in [0.25, 0.3) is 0 Å². The predicted octanol–water partition coefficient (Wildman–Crippen LogP) is 3.61. The fourth-order valence-corrected chi connectivity index (χ4v) is 5.40. The van der Waals surface area contributed by atoms with Gasteiger partial charge in [-0.25, -0.2) is 13.2 Å². The number of nitrogens with zero attached hydrogens (tertiary/aromatic N) is 1. The lowest BCUT2D eigenvalue weighted by atomic mass is 9.76. The molecule has 6 heteroatoms. The maximum absolute atomic E-state index is 13.2.